The van der Waals surface area contributed by atoms with Crippen LogP contribution in [0.1, 0.15) is 15.4 Å². The lowest BCUT2D eigenvalue weighted by atomic mass is 10.2. The molecular weight excluding hydrogens is 270 g/mol. The van der Waals surface area contributed by atoms with E-state index >= 15 is 0 Å². The maximum Gasteiger partial charge on any atom is 0.251 e. The van der Waals surface area contributed by atoms with Gasteiger partial charge in [-0.1, -0.05) is 11.6 Å². The molecule has 4 nitrogen and oxygen atoms in total. The largest absolute Gasteiger partial charge is 0.379 e. The Balaban J connectivity index is 1.96. The number of halogens is 1. The van der Waals surface area contributed by atoms with Gasteiger partial charge in [-0.05, 0) is 24.3 Å². The number of carbonyl (C=O) groups excluding carboxylic acids is 1. The van der Waals surface area contributed by atoms with Gasteiger partial charge in [0.15, 0.2) is 0 Å². The molecule has 0 saturated heterocycles. The molecule has 1 aromatic carbocycles. The molecule has 0 saturated carbocycles. The topological polar surface area (TPSA) is 54.0 Å². The molecule has 2 rings (SSSR count). The van der Waals surface area contributed by atoms with E-state index in [0.717, 1.165) is 10.7 Å². The normalized spacial score (nSPS) is 10.1. The van der Waals surface area contributed by atoms with Crippen LogP contribution in [0.4, 0.5) is 5.69 Å². The van der Waals surface area contributed by atoms with E-state index < -0.39 is 0 Å². The van der Waals surface area contributed by atoms with E-state index in [0.29, 0.717) is 16.4 Å². The van der Waals surface area contributed by atoms with Gasteiger partial charge in [0.1, 0.15) is 9.34 Å². The van der Waals surface area contributed by atoms with E-state index in [4.69, 9.17) is 11.6 Å². The molecule has 0 fully saturated rings. The van der Waals surface area contributed by atoms with E-state index in [1.165, 1.54) is 11.3 Å². The van der Waals surface area contributed by atoms with Crippen molar-refractivity contribution in [3.05, 3.63) is 45.4 Å². The highest BCUT2D eigenvalue weighted by Crippen LogP contribution is 2.19. The fraction of sp³-hybridized carbons (Fsp3) is 0.167. The minimum Gasteiger partial charge on any atom is -0.379 e. The molecule has 0 radical (unpaired) electrons. The minimum atomic E-state index is -0.0896. The molecule has 94 valence electrons. The van der Waals surface area contributed by atoms with Gasteiger partial charge in [0.2, 0.25) is 0 Å². The molecule has 2 aromatic rings. The summed E-state index contributed by atoms with van der Waals surface area (Å²) in [6.45, 7) is 0.622. The van der Waals surface area contributed by atoms with Crippen molar-refractivity contribution >= 4 is 34.5 Å². The van der Waals surface area contributed by atoms with Gasteiger partial charge in [-0.3, -0.25) is 4.79 Å². The Labute approximate surface area is 114 Å². The summed E-state index contributed by atoms with van der Waals surface area (Å²) in [5.41, 5.74) is 1.58. The number of thiazole rings is 1. The van der Waals surface area contributed by atoms with Crippen LogP contribution in [0.5, 0.6) is 0 Å². The van der Waals surface area contributed by atoms with Gasteiger partial charge in [-0.15, -0.1) is 11.3 Å². The SMILES string of the molecule is CNC(=O)c1ccc(NCc2ncc(Cl)s2)cc1. The van der Waals surface area contributed by atoms with Crippen LogP contribution in [0.15, 0.2) is 30.5 Å². The number of rotatable bonds is 4. The molecule has 2 N–H and O–H groups in total. The first kappa shape index (κ1) is 12.9. The highest BCUT2D eigenvalue weighted by atomic mass is 35.5. The average Bonchev–Trinajstić information content (AvgIpc) is 2.82. The third kappa shape index (κ3) is 3.21. The van der Waals surface area contributed by atoms with Crippen LogP contribution in [0.25, 0.3) is 0 Å². The number of carbonyl (C=O) groups is 1. The minimum absolute atomic E-state index is 0.0896. The molecule has 0 atom stereocenters. The predicted octanol–water partition coefficient (Wildman–Crippen LogP) is 2.77. The Morgan fingerprint density at radius 1 is 1.39 bits per heavy atom. The molecule has 0 aliphatic carbocycles. The van der Waals surface area contributed by atoms with Crippen LogP contribution >= 0.6 is 22.9 Å². The monoisotopic (exact) mass is 281 g/mol. The van der Waals surface area contributed by atoms with Gasteiger partial charge in [0, 0.05) is 18.3 Å². The number of aromatic nitrogens is 1. The van der Waals surface area contributed by atoms with Gasteiger partial charge in [0.05, 0.1) is 12.7 Å². The van der Waals surface area contributed by atoms with Crippen molar-refractivity contribution in [3.8, 4) is 0 Å². The van der Waals surface area contributed by atoms with E-state index in [9.17, 15) is 4.79 Å². The van der Waals surface area contributed by atoms with Crippen LogP contribution < -0.4 is 10.6 Å². The summed E-state index contributed by atoms with van der Waals surface area (Å²) >= 11 is 7.24. The Bertz CT molecular complexity index is 539. The van der Waals surface area contributed by atoms with E-state index in [-0.39, 0.29) is 5.91 Å². The maximum atomic E-state index is 11.4. The molecule has 0 aliphatic rings. The van der Waals surface area contributed by atoms with Crippen LogP contribution in [0.3, 0.4) is 0 Å². The Hall–Kier alpha value is -1.59. The number of amides is 1. The Morgan fingerprint density at radius 3 is 2.67 bits per heavy atom. The molecule has 0 aliphatic heterocycles. The zero-order valence-corrected chi connectivity index (χ0v) is 11.3. The van der Waals surface area contributed by atoms with Crippen molar-refractivity contribution in [3.63, 3.8) is 0 Å². The third-order valence-corrected chi connectivity index (χ3v) is 3.46. The summed E-state index contributed by atoms with van der Waals surface area (Å²) in [5.74, 6) is -0.0896. The Kier molecular flexibility index (Phi) is 4.17. The highest BCUT2D eigenvalue weighted by Gasteiger charge is 2.03. The quantitative estimate of drug-likeness (QED) is 0.906. The average molecular weight is 282 g/mol. The first-order chi connectivity index (χ1) is 8.69. The van der Waals surface area contributed by atoms with Gasteiger partial charge < -0.3 is 10.6 Å². The van der Waals surface area contributed by atoms with Crippen molar-refractivity contribution < 1.29 is 4.79 Å². The van der Waals surface area contributed by atoms with Crippen molar-refractivity contribution in [2.24, 2.45) is 0 Å². The molecular formula is C12H12ClN3OS. The lowest BCUT2D eigenvalue weighted by molar-refractivity contribution is 0.0963. The summed E-state index contributed by atoms with van der Waals surface area (Å²) in [4.78, 5) is 15.5. The van der Waals surface area contributed by atoms with Gasteiger partial charge in [-0.25, -0.2) is 4.98 Å². The second-order valence-electron chi connectivity index (χ2n) is 3.57. The number of hydrogen-bond acceptors (Lipinski definition) is 4. The van der Waals surface area contributed by atoms with Crippen molar-refractivity contribution in [1.29, 1.82) is 0 Å². The Morgan fingerprint density at radius 2 is 2.11 bits per heavy atom. The standard InChI is InChI=1S/C12H12ClN3OS/c1-14-12(17)8-2-4-9(5-3-8)15-7-11-16-6-10(13)18-11/h2-6,15H,7H2,1H3,(H,14,17). The first-order valence-electron chi connectivity index (χ1n) is 5.35. The van der Waals surface area contributed by atoms with Crippen molar-refractivity contribution in [1.82, 2.24) is 10.3 Å². The van der Waals surface area contributed by atoms with Gasteiger partial charge in [-0.2, -0.15) is 0 Å². The summed E-state index contributed by atoms with van der Waals surface area (Å²) < 4.78 is 0.682. The zero-order valence-electron chi connectivity index (χ0n) is 9.74. The van der Waals surface area contributed by atoms with Crippen LogP contribution in [-0.4, -0.2) is 17.9 Å². The predicted molar refractivity (Wildman–Crippen MR) is 74.3 cm³/mol. The molecule has 1 heterocycles. The van der Waals surface area contributed by atoms with E-state index in [1.54, 1.807) is 25.4 Å². The number of hydrogen-bond donors (Lipinski definition) is 2. The van der Waals surface area contributed by atoms with Crippen LogP contribution in [-0.2, 0) is 6.54 Å². The number of benzene rings is 1. The lowest BCUT2D eigenvalue weighted by Gasteiger charge is -2.05. The lowest BCUT2D eigenvalue weighted by Crippen LogP contribution is -2.17. The molecule has 0 spiro atoms. The highest BCUT2D eigenvalue weighted by molar-refractivity contribution is 7.15. The fourth-order valence-electron chi connectivity index (χ4n) is 1.43. The zero-order chi connectivity index (χ0) is 13.0. The van der Waals surface area contributed by atoms with Crippen molar-refractivity contribution in [2.75, 3.05) is 12.4 Å². The molecule has 1 amide bonds. The van der Waals surface area contributed by atoms with Gasteiger partial charge in [0.25, 0.3) is 5.91 Å². The third-order valence-electron chi connectivity index (χ3n) is 2.34. The summed E-state index contributed by atoms with van der Waals surface area (Å²) in [6, 6.07) is 7.27. The van der Waals surface area contributed by atoms with Gasteiger partial charge >= 0.3 is 0 Å². The number of nitrogens with zero attached hydrogens (tertiary/aromatic N) is 1. The van der Waals surface area contributed by atoms with Crippen LogP contribution in [0.2, 0.25) is 4.34 Å². The smallest absolute Gasteiger partial charge is 0.251 e. The molecule has 0 unspecified atom stereocenters. The maximum absolute atomic E-state index is 11.4. The molecule has 18 heavy (non-hydrogen) atoms. The second kappa shape index (κ2) is 5.84. The number of anilines is 1. The summed E-state index contributed by atoms with van der Waals surface area (Å²) in [5, 5.41) is 6.72. The number of nitrogens with one attached hydrogen (secondary N) is 2. The van der Waals surface area contributed by atoms with E-state index in [2.05, 4.69) is 15.6 Å². The van der Waals surface area contributed by atoms with E-state index in [1.807, 2.05) is 12.1 Å². The fourth-order valence-corrected chi connectivity index (χ4v) is 2.33. The van der Waals surface area contributed by atoms with Crippen molar-refractivity contribution in [2.45, 2.75) is 6.54 Å². The molecule has 6 heteroatoms. The second-order valence-corrected chi connectivity index (χ2v) is 5.31. The summed E-state index contributed by atoms with van der Waals surface area (Å²) in [6.07, 6.45) is 1.64. The molecule has 1 aromatic heterocycles. The summed E-state index contributed by atoms with van der Waals surface area (Å²) in [7, 11) is 1.61. The molecule has 0 bridgehead atoms. The first-order valence-corrected chi connectivity index (χ1v) is 6.54. The van der Waals surface area contributed by atoms with Crippen LogP contribution in [0, 0.1) is 0 Å².